The fourth-order valence-electron chi connectivity index (χ4n) is 1.25. The summed E-state index contributed by atoms with van der Waals surface area (Å²) in [5.74, 6) is 0.622. The highest BCUT2D eigenvalue weighted by Crippen LogP contribution is 2.17. The maximum Gasteiger partial charge on any atom is 0.0503 e. The lowest BCUT2D eigenvalue weighted by molar-refractivity contribution is 0.0839. The molecule has 0 amide bonds. The lowest BCUT2D eigenvalue weighted by Crippen LogP contribution is -2.25. The molecule has 0 aromatic carbocycles. The number of ether oxygens (including phenoxy) is 1. The van der Waals surface area contributed by atoms with Crippen LogP contribution in [0.15, 0.2) is 0 Å². The van der Waals surface area contributed by atoms with E-state index < -0.39 is 0 Å². The quantitative estimate of drug-likeness (QED) is 0.628. The van der Waals surface area contributed by atoms with E-state index in [4.69, 9.17) is 4.74 Å². The standard InChI is InChI=1S/C13H29NO/c1-6-8-14-10-12(2)11-15-9-7-13(3,4)5/h12,14H,6-11H2,1-5H3. The van der Waals surface area contributed by atoms with Crippen LogP contribution < -0.4 is 5.32 Å². The van der Waals surface area contributed by atoms with Gasteiger partial charge in [0, 0.05) is 6.61 Å². The van der Waals surface area contributed by atoms with E-state index >= 15 is 0 Å². The van der Waals surface area contributed by atoms with Gasteiger partial charge in [-0.1, -0.05) is 34.6 Å². The maximum absolute atomic E-state index is 5.66. The largest absolute Gasteiger partial charge is 0.381 e. The Morgan fingerprint density at radius 3 is 2.47 bits per heavy atom. The van der Waals surface area contributed by atoms with Gasteiger partial charge in [-0.2, -0.15) is 0 Å². The van der Waals surface area contributed by atoms with Crippen LogP contribution in [0.5, 0.6) is 0 Å². The van der Waals surface area contributed by atoms with E-state index in [9.17, 15) is 0 Å². The average Bonchev–Trinajstić information content (AvgIpc) is 2.11. The van der Waals surface area contributed by atoms with Crippen molar-refractivity contribution in [3.8, 4) is 0 Å². The van der Waals surface area contributed by atoms with Crippen LogP contribution in [0, 0.1) is 11.3 Å². The molecule has 0 aliphatic rings. The zero-order valence-electron chi connectivity index (χ0n) is 11.2. The minimum absolute atomic E-state index is 0.393. The van der Waals surface area contributed by atoms with Gasteiger partial charge in [-0.25, -0.2) is 0 Å². The highest BCUT2D eigenvalue weighted by molar-refractivity contribution is 4.61. The van der Waals surface area contributed by atoms with Crippen LogP contribution in [0.4, 0.5) is 0 Å². The summed E-state index contributed by atoms with van der Waals surface area (Å²) in [5.41, 5.74) is 0.393. The molecule has 92 valence electrons. The van der Waals surface area contributed by atoms with Crippen molar-refractivity contribution in [1.82, 2.24) is 5.32 Å². The van der Waals surface area contributed by atoms with E-state index in [0.29, 0.717) is 11.3 Å². The Morgan fingerprint density at radius 1 is 1.27 bits per heavy atom. The molecule has 15 heavy (non-hydrogen) atoms. The van der Waals surface area contributed by atoms with Crippen LogP contribution in [-0.4, -0.2) is 26.3 Å². The Morgan fingerprint density at radius 2 is 1.93 bits per heavy atom. The summed E-state index contributed by atoms with van der Waals surface area (Å²) in [6.45, 7) is 15.1. The maximum atomic E-state index is 5.66. The summed E-state index contributed by atoms with van der Waals surface area (Å²) in [5, 5.41) is 3.41. The molecule has 0 spiro atoms. The third-order valence-corrected chi connectivity index (χ3v) is 2.32. The van der Waals surface area contributed by atoms with Gasteiger partial charge in [-0.05, 0) is 37.3 Å². The van der Waals surface area contributed by atoms with Crippen LogP contribution in [0.1, 0.15) is 47.5 Å². The first-order valence-corrected chi connectivity index (χ1v) is 6.24. The predicted octanol–water partition coefficient (Wildman–Crippen LogP) is 3.07. The molecule has 0 aliphatic heterocycles. The number of hydrogen-bond donors (Lipinski definition) is 1. The molecule has 1 atom stereocenters. The molecular weight excluding hydrogens is 186 g/mol. The molecule has 0 radical (unpaired) electrons. The van der Waals surface area contributed by atoms with Crippen molar-refractivity contribution in [2.45, 2.75) is 47.5 Å². The van der Waals surface area contributed by atoms with Gasteiger partial charge in [-0.15, -0.1) is 0 Å². The molecule has 0 fully saturated rings. The Hall–Kier alpha value is -0.0800. The summed E-state index contributed by atoms with van der Waals surface area (Å²) >= 11 is 0. The Balaban J connectivity index is 3.27. The van der Waals surface area contributed by atoms with Gasteiger partial charge in [0.15, 0.2) is 0 Å². The van der Waals surface area contributed by atoms with E-state index in [-0.39, 0.29) is 0 Å². The van der Waals surface area contributed by atoms with E-state index in [2.05, 4.69) is 39.9 Å². The Bertz CT molecular complexity index is 140. The molecule has 0 saturated heterocycles. The third-order valence-electron chi connectivity index (χ3n) is 2.32. The lowest BCUT2D eigenvalue weighted by atomic mass is 9.93. The molecule has 0 aliphatic carbocycles. The van der Waals surface area contributed by atoms with Gasteiger partial charge in [0.05, 0.1) is 6.61 Å². The second-order valence-electron chi connectivity index (χ2n) is 5.69. The summed E-state index contributed by atoms with van der Waals surface area (Å²) < 4.78 is 5.66. The van der Waals surface area contributed by atoms with Gasteiger partial charge in [-0.3, -0.25) is 0 Å². The molecule has 2 heteroatoms. The SMILES string of the molecule is CCCNCC(C)COCCC(C)(C)C. The molecular formula is C13H29NO. The van der Waals surface area contributed by atoms with Crippen molar-refractivity contribution >= 4 is 0 Å². The highest BCUT2D eigenvalue weighted by atomic mass is 16.5. The van der Waals surface area contributed by atoms with E-state index in [1.807, 2.05) is 0 Å². The molecule has 0 heterocycles. The van der Waals surface area contributed by atoms with Crippen LogP contribution in [0.25, 0.3) is 0 Å². The fraction of sp³-hybridized carbons (Fsp3) is 1.00. The van der Waals surface area contributed by atoms with Crippen molar-refractivity contribution in [3.05, 3.63) is 0 Å². The first-order chi connectivity index (χ1) is 6.95. The first-order valence-electron chi connectivity index (χ1n) is 6.24. The van der Waals surface area contributed by atoms with Crippen LogP contribution in [0.2, 0.25) is 0 Å². The Labute approximate surface area is 95.8 Å². The number of rotatable bonds is 8. The van der Waals surface area contributed by atoms with Gasteiger partial charge in [0.2, 0.25) is 0 Å². The summed E-state index contributed by atoms with van der Waals surface area (Å²) in [6, 6.07) is 0. The second kappa shape index (κ2) is 8.12. The van der Waals surface area contributed by atoms with Crippen molar-refractivity contribution in [2.24, 2.45) is 11.3 Å². The van der Waals surface area contributed by atoms with Crippen LogP contribution in [-0.2, 0) is 4.74 Å². The molecule has 0 aromatic heterocycles. The van der Waals surface area contributed by atoms with Crippen molar-refractivity contribution in [2.75, 3.05) is 26.3 Å². The van der Waals surface area contributed by atoms with Gasteiger partial charge >= 0.3 is 0 Å². The van der Waals surface area contributed by atoms with E-state index in [1.54, 1.807) is 0 Å². The van der Waals surface area contributed by atoms with Crippen molar-refractivity contribution in [1.29, 1.82) is 0 Å². The first kappa shape index (κ1) is 14.9. The van der Waals surface area contributed by atoms with Crippen LogP contribution in [0.3, 0.4) is 0 Å². The smallest absolute Gasteiger partial charge is 0.0503 e. The van der Waals surface area contributed by atoms with Gasteiger partial charge in [0.1, 0.15) is 0 Å². The number of nitrogens with one attached hydrogen (secondary N) is 1. The molecule has 1 unspecified atom stereocenters. The molecule has 0 bridgehead atoms. The van der Waals surface area contributed by atoms with E-state index in [1.165, 1.54) is 6.42 Å². The highest BCUT2D eigenvalue weighted by Gasteiger charge is 2.09. The fourth-order valence-corrected chi connectivity index (χ4v) is 1.25. The molecule has 0 aromatic rings. The predicted molar refractivity (Wildman–Crippen MR) is 67.2 cm³/mol. The molecule has 1 N–H and O–H groups in total. The third kappa shape index (κ3) is 11.8. The molecule has 0 rings (SSSR count). The molecule has 0 saturated carbocycles. The average molecular weight is 215 g/mol. The summed E-state index contributed by atoms with van der Waals surface area (Å²) in [7, 11) is 0. The van der Waals surface area contributed by atoms with Gasteiger partial charge in [0.25, 0.3) is 0 Å². The molecule has 2 nitrogen and oxygen atoms in total. The topological polar surface area (TPSA) is 21.3 Å². The summed E-state index contributed by atoms with van der Waals surface area (Å²) in [6.07, 6.45) is 2.35. The summed E-state index contributed by atoms with van der Waals surface area (Å²) in [4.78, 5) is 0. The zero-order chi connectivity index (χ0) is 11.7. The second-order valence-corrected chi connectivity index (χ2v) is 5.69. The lowest BCUT2D eigenvalue weighted by Gasteiger charge is -2.19. The van der Waals surface area contributed by atoms with Crippen LogP contribution >= 0.6 is 0 Å². The monoisotopic (exact) mass is 215 g/mol. The normalized spacial score (nSPS) is 14.2. The minimum Gasteiger partial charge on any atom is -0.381 e. The zero-order valence-corrected chi connectivity index (χ0v) is 11.2. The minimum atomic E-state index is 0.393. The van der Waals surface area contributed by atoms with Crippen molar-refractivity contribution in [3.63, 3.8) is 0 Å². The number of hydrogen-bond acceptors (Lipinski definition) is 2. The van der Waals surface area contributed by atoms with Crippen molar-refractivity contribution < 1.29 is 4.74 Å². The van der Waals surface area contributed by atoms with E-state index in [0.717, 1.165) is 32.7 Å². The Kier molecular flexibility index (Phi) is 8.07. The van der Waals surface area contributed by atoms with Gasteiger partial charge < -0.3 is 10.1 Å².